The number of nitrogens with zero attached hydrogens (tertiary/aromatic N) is 2. The second kappa shape index (κ2) is 6.05. The van der Waals surface area contributed by atoms with Crippen LogP contribution in [0.2, 0.25) is 0 Å². The van der Waals surface area contributed by atoms with Gasteiger partial charge in [-0.05, 0) is 31.0 Å². The van der Waals surface area contributed by atoms with Crippen LogP contribution in [0.25, 0.3) is 0 Å². The number of hydrogen-bond acceptors (Lipinski definition) is 4. The standard InChI is InChI=1S/C15H22N2O3S/c1-16(2)14-6-4-5-12(11-14)15(18)17(13-7-8-13)9-10-21(3,19)20/h4-6,11,13H,7-10H2,1-3H3. The van der Waals surface area contributed by atoms with E-state index >= 15 is 0 Å². The van der Waals surface area contributed by atoms with Crippen LogP contribution in [-0.2, 0) is 9.84 Å². The number of carbonyl (C=O) groups excluding carboxylic acids is 1. The molecule has 0 atom stereocenters. The van der Waals surface area contributed by atoms with Gasteiger partial charge in [-0.2, -0.15) is 0 Å². The highest BCUT2D eigenvalue weighted by molar-refractivity contribution is 7.90. The Kier molecular flexibility index (Phi) is 4.56. The van der Waals surface area contributed by atoms with Gasteiger partial charge >= 0.3 is 0 Å². The summed E-state index contributed by atoms with van der Waals surface area (Å²) in [5, 5.41) is 0. The van der Waals surface area contributed by atoms with Gasteiger partial charge in [0.1, 0.15) is 9.84 Å². The molecule has 0 radical (unpaired) electrons. The maximum Gasteiger partial charge on any atom is 0.254 e. The van der Waals surface area contributed by atoms with Crippen molar-refractivity contribution < 1.29 is 13.2 Å². The minimum absolute atomic E-state index is 0.0165. The van der Waals surface area contributed by atoms with Crippen LogP contribution in [-0.4, -0.2) is 57.9 Å². The maximum atomic E-state index is 12.6. The predicted octanol–water partition coefficient (Wildman–Crippen LogP) is 1.40. The minimum atomic E-state index is -3.06. The van der Waals surface area contributed by atoms with E-state index in [-0.39, 0.29) is 24.2 Å². The molecule has 1 aromatic rings. The Bertz CT molecular complexity index is 622. The lowest BCUT2D eigenvalue weighted by molar-refractivity contribution is 0.0754. The summed E-state index contributed by atoms with van der Waals surface area (Å²) in [5.74, 6) is -0.0624. The third-order valence-corrected chi connectivity index (χ3v) is 4.49. The normalized spacial score (nSPS) is 14.8. The zero-order valence-corrected chi connectivity index (χ0v) is 13.6. The summed E-state index contributed by atoms with van der Waals surface area (Å²) >= 11 is 0. The molecule has 0 saturated heterocycles. The van der Waals surface area contributed by atoms with E-state index in [9.17, 15) is 13.2 Å². The topological polar surface area (TPSA) is 57.7 Å². The average molecular weight is 310 g/mol. The quantitative estimate of drug-likeness (QED) is 0.797. The van der Waals surface area contributed by atoms with Crippen molar-refractivity contribution in [2.45, 2.75) is 18.9 Å². The van der Waals surface area contributed by atoms with Gasteiger partial charge in [0.05, 0.1) is 5.75 Å². The first kappa shape index (κ1) is 15.8. The summed E-state index contributed by atoms with van der Waals surface area (Å²) in [7, 11) is 0.781. The van der Waals surface area contributed by atoms with Gasteiger partial charge in [0.25, 0.3) is 5.91 Å². The van der Waals surface area contributed by atoms with E-state index in [4.69, 9.17) is 0 Å². The van der Waals surface area contributed by atoms with Crippen molar-refractivity contribution >= 4 is 21.4 Å². The lowest BCUT2D eigenvalue weighted by atomic mass is 10.1. The van der Waals surface area contributed by atoms with Gasteiger partial charge in [0.15, 0.2) is 0 Å². The lowest BCUT2D eigenvalue weighted by Gasteiger charge is -2.23. The van der Waals surface area contributed by atoms with E-state index < -0.39 is 9.84 Å². The Labute approximate surface area is 126 Å². The molecule has 6 heteroatoms. The smallest absolute Gasteiger partial charge is 0.254 e. The Morgan fingerprint density at radius 2 is 1.95 bits per heavy atom. The number of hydrogen-bond donors (Lipinski definition) is 0. The Morgan fingerprint density at radius 1 is 1.29 bits per heavy atom. The molecule has 0 spiro atoms. The average Bonchev–Trinajstić information content (AvgIpc) is 3.22. The van der Waals surface area contributed by atoms with Crippen molar-refractivity contribution in [2.75, 3.05) is 37.5 Å². The molecular formula is C15H22N2O3S. The molecule has 0 unspecified atom stereocenters. The maximum absolute atomic E-state index is 12.6. The highest BCUT2D eigenvalue weighted by Crippen LogP contribution is 2.28. The first-order valence-corrected chi connectivity index (χ1v) is 9.10. The van der Waals surface area contributed by atoms with Crippen molar-refractivity contribution in [2.24, 2.45) is 0 Å². The third kappa shape index (κ3) is 4.46. The second-order valence-electron chi connectivity index (χ2n) is 5.80. The van der Waals surface area contributed by atoms with E-state index in [2.05, 4.69) is 0 Å². The van der Waals surface area contributed by atoms with Gasteiger partial charge in [-0.1, -0.05) is 6.07 Å². The van der Waals surface area contributed by atoms with E-state index in [0.29, 0.717) is 5.56 Å². The molecule has 0 bridgehead atoms. The van der Waals surface area contributed by atoms with Gasteiger partial charge in [0, 0.05) is 44.2 Å². The summed E-state index contributed by atoms with van der Waals surface area (Å²) < 4.78 is 22.7. The summed E-state index contributed by atoms with van der Waals surface area (Å²) in [4.78, 5) is 16.3. The lowest BCUT2D eigenvalue weighted by Crippen LogP contribution is -2.36. The van der Waals surface area contributed by atoms with Gasteiger partial charge in [-0.15, -0.1) is 0 Å². The van der Waals surface area contributed by atoms with E-state index in [1.807, 2.05) is 37.2 Å². The molecule has 0 aromatic heterocycles. The summed E-state index contributed by atoms with van der Waals surface area (Å²) in [6.45, 7) is 0.272. The molecule has 1 amide bonds. The molecule has 1 aliphatic carbocycles. The fraction of sp³-hybridized carbons (Fsp3) is 0.533. The zero-order chi connectivity index (χ0) is 15.6. The van der Waals surface area contributed by atoms with Crippen LogP contribution in [0.15, 0.2) is 24.3 Å². The van der Waals surface area contributed by atoms with Gasteiger partial charge in [-0.25, -0.2) is 8.42 Å². The van der Waals surface area contributed by atoms with E-state index in [1.54, 1.807) is 11.0 Å². The van der Waals surface area contributed by atoms with Gasteiger partial charge < -0.3 is 9.80 Å². The van der Waals surface area contributed by atoms with Crippen molar-refractivity contribution in [3.8, 4) is 0 Å². The number of carbonyl (C=O) groups is 1. The summed E-state index contributed by atoms with van der Waals surface area (Å²) in [6.07, 6.45) is 3.13. The van der Waals surface area contributed by atoms with Crippen molar-refractivity contribution in [3.05, 3.63) is 29.8 Å². The second-order valence-corrected chi connectivity index (χ2v) is 8.06. The van der Waals surface area contributed by atoms with Crippen LogP contribution >= 0.6 is 0 Å². The van der Waals surface area contributed by atoms with Crippen LogP contribution in [0.1, 0.15) is 23.2 Å². The highest BCUT2D eigenvalue weighted by Gasteiger charge is 2.33. The monoisotopic (exact) mass is 310 g/mol. The van der Waals surface area contributed by atoms with Crippen molar-refractivity contribution in [1.29, 1.82) is 0 Å². The van der Waals surface area contributed by atoms with Crippen LogP contribution in [0.4, 0.5) is 5.69 Å². The number of benzene rings is 1. The van der Waals surface area contributed by atoms with E-state index in [1.165, 1.54) is 6.26 Å². The number of rotatable bonds is 6. The molecule has 1 fully saturated rings. The number of amides is 1. The van der Waals surface area contributed by atoms with Crippen molar-refractivity contribution in [1.82, 2.24) is 4.90 Å². The zero-order valence-electron chi connectivity index (χ0n) is 12.7. The Balaban J connectivity index is 2.16. The molecule has 21 heavy (non-hydrogen) atoms. The molecule has 1 aliphatic rings. The molecule has 2 rings (SSSR count). The molecule has 116 valence electrons. The van der Waals surface area contributed by atoms with Crippen molar-refractivity contribution in [3.63, 3.8) is 0 Å². The fourth-order valence-electron chi connectivity index (χ4n) is 2.18. The molecular weight excluding hydrogens is 288 g/mol. The Hall–Kier alpha value is -1.56. The molecule has 5 nitrogen and oxygen atoms in total. The fourth-order valence-corrected chi connectivity index (χ4v) is 2.71. The van der Waals surface area contributed by atoms with E-state index in [0.717, 1.165) is 18.5 Å². The van der Waals surface area contributed by atoms with Crippen LogP contribution < -0.4 is 4.90 Å². The molecule has 0 aliphatic heterocycles. The predicted molar refractivity (Wildman–Crippen MR) is 84.5 cm³/mol. The molecule has 1 aromatic carbocycles. The third-order valence-electron chi connectivity index (χ3n) is 3.56. The summed E-state index contributed by atoms with van der Waals surface area (Å²) in [6, 6.07) is 7.62. The van der Waals surface area contributed by atoms with Crippen LogP contribution in [0.3, 0.4) is 0 Å². The largest absolute Gasteiger partial charge is 0.378 e. The number of sulfone groups is 1. The summed E-state index contributed by atoms with van der Waals surface area (Å²) in [5.41, 5.74) is 1.57. The molecule has 0 N–H and O–H groups in total. The minimum Gasteiger partial charge on any atom is -0.378 e. The molecule has 1 saturated carbocycles. The van der Waals surface area contributed by atoms with Gasteiger partial charge in [0.2, 0.25) is 0 Å². The number of anilines is 1. The molecule has 0 heterocycles. The SMILES string of the molecule is CN(C)c1cccc(C(=O)N(CCS(C)(=O)=O)C2CC2)c1. The van der Waals surface area contributed by atoms with Crippen LogP contribution in [0, 0.1) is 0 Å². The first-order chi connectivity index (χ1) is 9.78. The van der Waals surface area contributed by atoms with Crippen LogP contribution in [0.5, 0.6) is 0 Å². The first-order valence-electron chi connectivity index (χ1n) is 7.04. The highest BCUT2D eigenvalue weighted by atomic mass is 32.2. The Morgan fingerprint density at radius 3 is 2.48 bits per heavy atom. The van der Waals surface area contributed by atoms with Gasteiger partial charge in [-0.3, -0.25) is 4.79 Å².